The SMILES string of the molecule is COc1cc(-c2cc(=O)c3c(OC)c(C)c(C)c(OC)c3o2)ccc1C. The Hall–Kier alpha value is -2.95. The average Bonchev–Trinajstić information content (AvgIpc) is 2.63. The lowest BCUT2D eigenvalue weighted by Gasteiger charge is -2.16. The van der Waals surface area contributed by atoms with Crippen molar-refractivity contribution in [3.63, 3.8) is 0 Å². The smallest absolute Gasteiger partial charge is 0.197 e. The van der Waals surface area contributed by atoms with Crippen molar-refractivity contribution >= 4 is 11.0 Å². The highest BCUT2D eigenvalue weighted by Crippen LogP contribution is 2.40. The van der Waals surface area contributed by atoms with Crippen molar-refractivity contribution in [3.8, 4) is 28.6 Å². The minimum atomic E-state index is -0.181. The molecule has 26 heavy (non-hydrogen) atoms. The van der Waals surface area contributed by atoms with Gasteiger partial charge in [-0.15, -0.1) is 0 Å². The van der Waals surface area contributed by atoms with Crippen LogP contribution in [-0.4, -0.2) is 21.3 Å². The summed E-state index contributed by atoms with van der Waals surface area (Å²) in [5, 5.41) is 0.385. The summed E-state index contributed by atoms with van der Waals surface area (Å²) in [5.41, 5.74) is 3.69. The van der Waals surface area contributed by atoms with E-state index in [1.807, 2.05) is 39.0 Å². The summed E-state index contributed by atoms with van der Waals surface area (Å²) >= 11 is 0. The average molecular weight is 354 g/mol. The highest BCUT2D eigenvalue weighted by atomic mass is 16.5. The Morgan fingerprint density at radius 3 is 2.12 bits per heavy atom. The van der Waals surface area contributed by atoms with E-state index in [1.165, 1.54) is 6.07 Å². The van der Waals surface area contributed by atoms with Gasteiger partial charge in [0, 0.05) is 17.2 Å². The van der Waals surface area contributed by atoms with Gasteiger partial charge in [0.15, 0.2) is 16.8 Å². The van der Waals surface area contributed by atoms with Gasteiger partial charge in [0.2, 0.25) is 0 Å². The molecular weight excluding hydrogens is 332 g/mol. The van der Waals surface area contributed by atoms with Crippen LogP contribution in [0.1, 0.15) is 16.7 Å². The molecular formula is C21H22O5. The van der Waals surface area contributed by atoms with E-state index in [-0.39, 0.29) is 5.43 Å². The molecule has 0 radical (unpaired) electrons. The van der Waals surface area contributed by atoms with Crippen LogP contribution in [0.2, 0.25) is 0 Å². The van der Waals surface area contributed by atoms with Gasteiger partial charge in [-0.05, 0) is 38.0 Å². The second-order valence-electron chi connectivity index (χ2n) is 6.18. The second kappa shape index (κ2) is 6.75. The van der Waals surface area contributed by atoms with Crippen LogP contribution in [0.5, 0.6) is 17.2 Å². The summed E-state index contributed by atoms with van der Waals surface area (Å²) in [4.78, 5) is 12.9. The Kier molecular flexibility index (Phi) is 4.64. The Morgan fingerprint density at radius 1 is 0.846 bits per heavy atom. The molecule has 0 spiro atoms. The van der Waals surface area contributed by atoms with E-state index in [1.54, 1.807) is 21.3 Å². The van der Waals surface area contributed by atoms with Crippen molar-refractivity contribution in [2.45, 2.75) is 20.8 Å². The zero-order valence-electron chi connectivity index (χ0n) is 15.9. The number of rotatable bonds is 4. The van der Waals surface area contributed by atoms with Gasteiger partial charge < -0.3 is 18.6 Å². The number of ether oxygens (including phenoxy) is 3. The third kappa shape index (κ3) is 2.69. The molecule has 0 saturated carbocycles. The van der Waals surface area contributed by atoms with Gasteiger partial charge in [0.05, 0.1) is 21.3 Å². The summed E-state index contributed by atoms with van der Waals surface area (Å²) in [6.07, 6.45) is 0. The molecule has 136 valence electrons. The molecule has 0 bridgehead atoms. The van der Waals surface area contributed by atoms with Crippen LogP contribution in [0, 0.1) is 20.8 Å². The number of fused-ring (bicyclic) bond motifs is 1. The number of benzene rings is 2. The first kappa shape index (κ1) is 17.9. The molecule has 3 rings (SSSR count). The fourth-order valence-corrected chi connectivity index (χ4v) is 3.18. The molecule has 0 unspecified atom stereocenters. The van der Waals surface area contributed by atoms with E-state index in [0.717, 1.165) is 28.0 Å². The summed E-state index contributed by atoms with van der Waals surface area (Å²) in [6.45, 7) is 5.77. The van der Waals surface area contributed by atoms with Gasteiger partial charge in [-0.2, -0.15) is 0 Å². The van der Waals surface area contributed by atoms with Gasteiger partial charge in [0.25, 0.3) is 0 Å². The Bertz CT molecular complexity index is 1050. The highest BCUT2D eigenvalue weighted by molar-refractivity contribution is 5.92. The Morgan fingerprint density at radius 2 is 1.50 bits per heavy atom. The van der Waals surface area contributed by atoms with E-state index >= 15 is 0 Å². The van der Waals surface area contributed by atoms with Crippen LogP contribution in [0.3, 0.4) is 0 Å². The lowest BCUT2D eigenvalue weighted by molar-refractivity contribution is 0.397. The molecule has 1 aromatic heterocycles. The largest absolute Gasteiger partial charge is 0.496 e. The van der Waals surface area contributed by atoms with Gasteiger partial charge in [-0.3, -0.25) is 4.79 Å². The Labute approximate surface area is 152 Å². The third-order valence-corrected chi connectivity index (χ3v) is 4.73. The first-order valence-electron chi connectivity index (χ1n) is 8.26. The second-order valence-corrected chi connectivity index (χ2v) is 6.18. The molecule has 0 aliphatic rings. The third-order valence-electron chi connectivity index (χ3n) is 4.73. The van der Waals surface area contributed by atoms with Gasteiger partial charge in [-0.25, -0.2) is 0 Å². The molecule has 0 N–H and O–H groups in total. The number of methoxy groups -OCH3 is 3. The van der Waals surface area contributed by atoms with E-state index < -0.39 is 0 Å². The number of hydrogen-bond acceptors (Lipinski definition) is 5. The molecule has 0 fully saturated rings. The van der Waals surface area contributed by atoms with E-state index in [9.17, 15) is 4.79 Å². The zero-order chi connectivity index (χ0) is 19.0. The van der Waals surface area contributed by atoms with Crippen molar-refractivity contribution in [3.05, 3.63) is 51.2 Å². The van der Waals surface area contributed by atoms with Crippen LogP contribution in [0.4, 0.5) is 0 Å². The van der Waals surface area contributed by atoms with Crippen LogP contribution >= 0.6 is 0 Å². The predicted molar refractivity (Wildman–Crippen MR) is 102 cm³/mol. The molecule has 0 atom stereocenters. The maximum Gasteiger partial charge on any atom is 0.197 e. The summed E-state index contributed by atoms with van der Waals surface area (Å²) in [5.74, 6) is 2.23. The zero-order valence-corrected chi connectivity index (χ0v) is 15.9. The van der Waals surface area contributed by atoms with Gasteiger partial charge in [0.1, 0.15) is 22.6 Å². The normalized spacial score (nSPS) is 10.8. The molecule has 1 heterocycles. The minimum absolute atomic E-state index is 0.181. The minimum Gasteiger partial charge on any atom is -0.496 e. The topological polar surface area (TPSA) is 57.9 Å². The maximum absolute atomic E-state index is 12.9. The van der Waals surface area contributed by atoms with E-state index in [4.69, 9.17) is 18.6 Å². The van der Waals surface area contributed by atoms with Crippen molar-refractivity contribution in [1.29, 1.82) is 0 Å². The number of hydrogen-bond donors (Lipinski definition) is 0. The van der Waals surface area contributed by atoms with Crippen molar-refractivity contribution in [2.24, 2.45) is 0 Å². The molecule has 5 nitrogen and oxygen atoms in total. The van der Waals surface area contributed by atoms with Crippen LogP contribution < -0.4 is 19.6 Å². The fraction of sp³-hybridized carbons (Fsp3) is 0.286. The first-order chi connectivity index (χ1) is 12.4. The van der Waals surface area contributed by atoms with Crippen molar-refractivity contribution < 1.29 is 18.6 Å². The van der Waals surface area contributed by atoms with Gasteiger partial charge in [-0.1, -0.05) is 12.1 Å². The molecule has 5 heteroatoms. The Balaban J connectivity index is 2.38. The first-order valence-corrected chi connectivity index (χ1v) is 8.26. The maximum atomic E-state index is 12.9. The molecule has 0 saturated heterocycles. The van der Waals surface area contributed by atoms with Gasteiger partial charge >= 0.3 is 0 Å². The lowest BCUT2D eigenvalue weighted by Crippen LogP contribution is -2.07. The fourth-order valence-electron chi connectivity index (χ4n) is 3.18. The standard InChI is InChI=1S/C21H22O5/c1-11-7-8-14(9-16(11)23-4)17-10-15(22)18-19(24-5)12(2)13(3)20(25-6)21(18)26-17/h7-10H,1-6H3. The van der Waals surface area contributed by atoms with E-state index in [0.29, 0.717) is 28.2 Å². The lowest BCUT2D eigenvalue weighted by atomic mass is 10.0. The summed E-state index contributed by atoms with van der Waals surface area (Å²) in [7, 11) is 4.73. The van der Waals surface area contributed by atoms with Crippen LogP contribution in [0.15, 0.2) is 33.5 Å². The predicted octanol–water partition coefficient (Wildman–Crippen LogP) is 4.41. The molecule has 0 aliphatic carbocycles. The number of aryl methyl sites for hydroxylation is 1. The summed E-state index contributed by atoms with van der Waals surface area (Å²) in [6, 6.07) is 7.15. The van der Waals surface area contributed by atoms with Crippen LogP contribution in [0.25, 0.3) is 22.3 Å². The van der Waals surface area contributed by atoms with Crippen LogP contribution in [-0.2, 0) is 0 Å². The molecule has 3 aromatic rings. The van der Waals surface area contributed by atoms with E-state index in [2.05, 4.69) is 0 Å². The summed E-state index contributed by atoms with van der Waals surface area (Å²) < 4.78 is 22.5. The molecule has 2 aromatic carbocycles. The monoisotopic (exact) mass is 354 g/mol. The van der Waals surface area contributed by atoms with Crippen molar-refractivity contribution in [2.75, 3.05) is 21.3 Å². The van der Waals surface area contributed by atoms with Crippen molar-refractivity contribution in [1.82, 2.24) is 0 Å². The highest BCUT2D eigenvalue weighted by Gasteiger charge is 2.21. The quantitative estimate of drug-likeness (QED) is 0.694. The molecule has 0 aliphatic heterocycles. The molecule has 0 amide bonds.